The third kappa shape index (κ3) is 5.42. The van der Waals surface area contributed by atoms with Crippen molar-refractivity contribution in [1.82, 2.24) is 5.32 Å². The summed E-state index contributed by atoms with van der Waals surface area (Å²) in [5.41, 5.74) is 0.450. The Balaban J connectivity index is 1.82. The van der Waals surface area contributed by atoms with Gasteiger partial charge in [-0.25, -0.2) is 0 Å². The van der Waals surface area contributed by atoms with Crippen LogP contribution in [0.4, 0.5) is 8.78 Å². The number of ketones is 1. The zero-order chi connectivity index (χ0) is 17.5. The van der Waals surface area contributed by atoms with E-state index in [1.54, 1.807) is 24.3 Å². The molecule has 0 fully saturated rings. The molecule has 4 nitrogen and oxygen atoms in total. The van der Waals surface area contributed by atoms with Gasteiger partial charge in [-0.3, -0.25) is 9.59 Å². The second kappa shape index (κ2) is 8.54. The fourth-order valence-corrected chi connectivity index (χ4v) is 2.91. The van der Waals surface area contributed by atoms with Crippen molar-refractivity contribution in [2.75, 3.05) is 0 Å². The van der Waals surface area contributed by atoms with E-state index < -0.39 is 6.61 Å². The van der Waals surface area contributed by atoms with Crippen LogP contribution in [0.2, 0.25) is 0 Å². The predicted molar refractivity (Wildman–Crippen MR) is 87.5 cm³/mol. The maximum absolute atomic E-state index is 12.3. The Bertz CT molecular complexity index is 715. The van der Waals surface area contributed by atoms with Gasteiger partial charge in [-0.1, -0.05) is 18.2 Å². The fourth-order valence-electron chi connectivity index (χ4n) is 2.08. The summed E-state index contributed by atoms with van der Waals surface area (Å²) in [5, 5.41) is 2.61. The third-order valence-electron chi connectivity index (χ3n) is 3.26. The van der Waals surface area contributed by atoms with Crippen molar-refractivity contribution in [2.24, 2.45) is 0 Å². The fraction of sp³-hybridized carbons (Fsp3) is 0.294. The number of benzene rings is 1. The van der Waals surface area contributed by atoms with Crippen LogP contribution in [0, 0.1) is 6.92 Å². The van der Waals surface area contributed by atoms with Crippen molar-refractivity contribution in [2.45, 2.75) is 32.9 Å². The zero-order valence-electron chi connectivity index (χ0n) is 13.1. The van der Waals surface area contributed by atoms with Crippen LogP contribution in [0.3, 0.4) is 0 Å². The minimum Gasteiger partial charge on any atom is -0.434 e. The molecule has 1 amide bonds. The maximum atomic E-state index is 12.3. The Labute approximate surface area is 142 Å². The Kier molecular flexibility index (Phi) is 6.43. The standard InChI is InChI=1S/C17H17F2NO3S/c1-11-6-8-15(24-11)13(21)7-9-16(22)20-10-12-4-2-3-5-14(12)23-17(18)19/h2-6,8,17H,7,9-10H2,1H3,(H,20,22). The molecular weight excluding hydrogens is 336 g/mol. The molecule has 0 saturated heterocycles. The first kappa shape index (κ1) is 18.1. The molecule has 0 aliphatic carbocycles. The second-order valence-corrected chi connectivity index (χ2v) is 6.38. The second-order valence-electron chi connectivity index (χ2n) is 5.10. The molecule has 2 rings (SSSR count). The maximum Gasteiger partial charge on any atom is 0.387 e. The number of rotatable bonds is 8. The van der Waals surface area contributed by atoms with Crippen LogP contribution in [-0.2, 0) is 11.3 Å². The number of thiophene rings is 1. The average Bonchev–Trinajstić information content (AvgIpc) is 2.98. The Morgan fingerprint density at radius 3 is 2.58 bits per heavy atom. The van der Waals surface area contributed by atoms with Crippen molar-refractivity contribution in [1.29, 1.82) is 0 Å². The van der Waals surface area contributed by atoms with Crippen LogP contribution >= 0.6 is 11.3 Å². The monoisotopic (exact) mass is 353 g/mol. The lowest BCUT2D eigenvalue weighted by Crippen LogP contribution is -2.23. The molecule has 1 aromatic carbocycles. The highest BCUT2D eigenvalue weighted by Gasteiger charge is 2.13. The summed E-state index contributed by atoms with van der Waals surface area (Å²) >= 11 is 1.40. The average molecular weight is 353 g/mol. The van der Waals surface area contributed by atoms with Crippen molar-refractivity contribution >= 4 is 23.0 Å². The molecule has 0 aliphatic rings. The molecule has 0 radical (unpaired) electrons. The lowest BCUT2D eigenvalue weighted by atomic mass is 10.1. The normalized spacial score (nSPS) is 10.7. The minimum absolute atomic E-state index is 0.0259. The van der Waals surface area contributed by atoms with Gasteiger partial charge in [0, 0.05) is 29.8 Å². The predicted octanol–water partition coefficient (Wildman–Crippen LogP) is 3.94. The molecule has 0 unspecified atom stereocenters. The van der Waals surface area contributed by atoms with Gasteiger partial charge in [0.2, 0.25) is 5.91 Å². The Hall–Kier alpha value is -2.28. The Morgan fingerprint density at radius 2 is 1.92 bits per heavy atom. The number of aryl methyl sites for hydroxylation is 1. The van der Waals surface area contributed by atoms with Gasteiger partial charge in [0.15, 0.2) is 5.78 Å². The van der Waals surface area contributed by atoms with Gasteiger partial charge in [0.1, 0.15) is 5.75 Å². The number of carbonyl (C=O) groups excluding carboxylic acids is 2. The largest absolute Gasteiger partial charge is 0.434 e. The summed E-state index contributed by atoms with van der Waals surface area (Å²) < 4.78 is 29.1. The molecule has 1 aromatic heterocycles. The smallest absolute Gasteiger partial charge is 0.387 e. The molecule has 0 atom stereocenters. The van der Waals surface area contributed by atoms with E-state index in [9.17, 15) is 18.4 Å². The van der Waals surface area contributed by atoms with Crippen LogP contribution < -0.4 is 10.1 Å². The lowest BCUT2D eigenvalue weighted by molar-refractivity contribution is -0.121. The highest BCUT2D eigenvalue weighted by Crippen LogP contribution is 2.20. The van der Waals surface area contributed by atoms with E-state index in [1.807, 2.05) is 13.0 Å². The van der Waals surface area contributed by atoms with E-state index in [0.717, 1.165) is 4.88 Å². The van der Waals surface area contributed by atoms with E-state index in [0.29, 0.717) is 10.4 Å². The number of amides is 1. The number of para-hydroxylation sites is 1. The molecular formula is C17H17F2NO3S. The topological polar surface area (TPSA) is 55.4 Å². The van der Waals surface area contributed by atoms with Gasteiger partial charge in [0.05, 0.1) is 4.88 Å². The van der Waals surface area contributed by atoms with E-state index >= 15 is 0 Å². The molecule has 128 valence electrons. The summed E-state index contributed by atoms with van der Waals surface area (Å²) in [5.74, 6) is -0.369. The van der Waals surface area contributed by atoms with Crippen molar-refractivity contribution in [3.05, 3.63) is 51.7 Å². The van der Waals surface area contributed by atoms with Gasteiger partial charge < -0.3 is 10.1 Å². The summed E-state index contributed by atoms with van der Waals surface area (Å²) in [6.07, 6.45) is 0.161. The van der Waals surface area contributed by atoms with Crippen molar-refractivity contribution in [3.63, 3.8) is 0 Å². The summed E-state index contributed by atoms with van der Waals surface area (Å²) in [7, 11) is 0. The lowest BCUT2D eigenvalue weighted by Gasteiger charge is -2.11. The number of hydrogen-bond donors (Lipinski definition) is 1. The quantitative estimate of drug-likeness (QED) is 0.732. The number of Topliss-reactive ketones (excluding diaryl/α,β-unsaturated/α-hetero) is 1. The molecule has 0 saturated carbocycles. The highest BCUT2D eigenvalue weighted by atomic mass is 32.1. The van der Waals surface area contributed by atoms with Crippen LogP contribution in [0.15, 0.2) is 36.4 Å². The van der Waals surface area contributed by atoms with Gasteiger partial charge >= 0.3 is 6.61 Å². The Morgan fingerprint density at radius 1 is 1.17 bits per heavy atom. The molecule has 2 aromatic rings. The van der Waals surface area contributed by atoms with E-state index in [4.69, 9.17) is 0 Å². The first-order valence-electron chi connectivity index (χ1n) is 7.35. The van der Waals surface area contributed by atoms with Gasteiger partial charge in [-0.05, 0) is 25.1 Å². The van der Waals surface area contributed by atoms with Crippen LogP contribution in [-0.4, -0.2) is 18.3 Å². The number of hydrogen-bond acceptors (Lipinski definition) is 4. The molecule has 7 heteroatoms. The molecule has 0 aliphatic heterocycles. The summed E-state index contributed by atoms with van der Waals surface area (Å²) in [6.45, 7) is -0.949. The number of nitrogens with one attached hydrogen (secondary N) is 1. The van der Waals surface area contributed by atoms with E-state index in [2.05, 4.69) is 10.1 Å². The van der Waals surface area contributed by atoms with Gasteiger partial charge in [-0.2, -0.15) is 8.78 Å². The number of halogens is 2. The number of ether oxygens (including phenoxy) is 1. The van der Waals surface area contributed by atoms with Crippen molar-refractivity contribution < 1.29 is 23.1 Å². The first-order chi connectivity index (χ1) is 11.5. The van der Waals surface area contributed by atoms with Crippen molar-refractivity contribution in [3.8, 4) is 5.75 Å². The highest BCUT2D eigenvalue weighted by molar-refractivity contribution is 7.14. The van der Waals surface area contributed by atoms with Gasteiger partial charge in [0.25, 0.3) is 0 Å². The third-order valence-corrected chi connectivity index (χ3v) is 4.30. The molecule has 1 heterocycles. The van der Waals surface area contributed by atoms with Crippen LogP contribution in [0.1, 0.15) is 33.0 Å². The summed E-state index contributed by atoms with van der Waals surface area (Å²) in [4.78, 5) is 25.5. The van der Waals surface area contributed by atoms with Gasteiger partial charge in [-0.15, -0.1) is 11.3 Å². The van der Waals surface area contributed by atoms with Crippen LogP contribution in [0.5, 0.6) is 5.75 Å². The summed E-state index contributed by atoms with van der Waals surface area (Å²) in [6, 6.07) is 9.86. The van der Waals surface area contributed by atoms with E-state index in [1.165, 1.54) is 17.4 Å². The molecule has 1 N–H and O–H groups in total. The number of alkyl halides is 2. The molecule has 24 heavy (non-hydrogen) atoms. The zero-order valence-corrected chi connectivity index (χ0v) is 13.9. The minimum atomic E-state index is -2.92. The number of carbonyl (C=O) groups is 2. The van der Waals surface area contributed by atoms with Crippen LogP contribution in [0.25, 0.3) is 0 Å². The molecule has 0 bridgehead atoms. The SMILES string of the molecule is Cc1ccc(C(=O)CCC(=O)NCc2ccccc2OC(F)F)s1. The van der Waals surface area contributed by atoms with E-state index in [-0.39, 0.29) is 36.8 Å². The molecule has 0 spiro atoms. The first-order valence-corrected chi connectivity index (χ1v) is 8.16.